The lowest BCUT2D eigenvalue weighted by atomic mass is 10.1. The summed E-state index contributed by atoms with van der Waals surface area (Å²) in [6.07, 6.45) is 2.12. The number of nitrogens with two attached hydrogens (primary N) is 1. The second-order valence-electron chi connectivity index (χ2n) is 6.71. The average Bonchev–Trinajstić information content (AvgIpc) is 3.17. The van der Waals surface area contributed by atoms with E-state index in [1.165, 1.54) is 0 Å². The second-order valence-corrected chi connectivity index (χ2v) is 6.71. The zero-order valence-electron chi connectivity index (χ0n) is 15.9. The quantitative estimate of drug-likeness (QED) is 0.804. The number of rotatable bonds is 7. The molecule has 0 saturated carbocycles. The van der Waals surface area contributed by atoms with Crippen LogP contribution in [0.1, 0.15) is 28.9 Å². The number of nitrogen functional groups attached to an aromatic ring is 1. The Morgan fingerprint density at radius 2 is 2.22 bits per heavy atom. The average molecular weight is 370 g/mol. The van der Waals surface area contributed by atoms with Gasteiger partial charge in [0.05, 0.1) is 18.4 Å². The molecule has 27 heavy (non-hydrogen) atoms. The number of hydrogen-bond acceptors (Lipinski definition) is 6. The molecule has 2 heterocycles. The van der Waals surface area contributed by atoms with E-state index in [1.807, 2.05) is 37.3 Å². The maximum absolute atomic E-state index is 13.1. The van der Waals surface area contributed by atoms with Crippen LogP contribution >= 0.6 is 0 Å². The minimum absolute atomic E-state index is 0.0387. The van der Waals surface area contributed by atoms with Gasteiger partial charge in [-0.3, -0.25) is 4.79 Å². The van der Waals surface area contributed by atoms with E-state index in [4.69, 9.17) is 15.2 Å². The molecule has 144 valence electrons. The van der Waals surface area contributed by atoms with E-state index in [9.17, 15) is 4.79 Å². The van der Waals surface area contributed by atoms with Crippen molar-refractivity contribution in [1.82, 2.24) is 14.9 Å². The molecule has 0 unspecified atom stereocenters. The molecule has 2 N–H and O–H groups in total. The Kier molecular flexibility index (Phi) is 6.36. The van der Waals surface area contributed by atoms with Crippen LogP contribution in [0.4, 0.5) is 5.95 Å². The highest BCUT2D eigenvalue weighted by molar-refractivity contribution is 5.95. The van der Waals surface area contributed by atoms with Crippen molar-refractivity contribution in [3.63, 3.8) is 0 Å². The number of methoxy groups -OCH3 is 1. The fraction of sp³-hybridized carbons (Fsp3) is 0.450. The number of ether oxygens (including phenoxy) is 2. The summed E-state index contributed by atoms with van der Waals surface area (Å²) in [6, 6.07) is 9.29. The van der Waals surface area contributed by atoms with Gasteiger partial charge < -0.3 is 20.1 Å². The molecule has 1 fully saturated rings. The third-order valence-corrected chi connectivity index (χ3v) is 4.58. The number of nitrogens with zero attached hydrogens (tertiary/aromatic N) is 3. The Labute approximate surface area is 159 Å². The summed E-state index contributed by atoms with van der Waals surface area (Å²) in [4.78, 5) is 23.3. The van der Waals surface area contributed by atoms with Crippen molar-refractivity contribution in [2.24, 2.45) is 0 Å². The lowest BCUT2D eigenvalue weighted by Gasteiger charge is -2.25. The van der Waals surface area contributed by atoms with Crippen LogP contribution in [-0.4, -0.2) is 60.3 Å². The molecule has 0 spiro atoms. The number of anilines is 1. The number of benzene rings is 1. The van der Waals surface area contributed by atoms with Crippen LogP contribution in [0.25, 0.3) is 11.3 Å². The molecule has 0 aliphatic carbocycles. The SMILES string of the molecule is COCCN(C[C@@H]1CCCO1)C(=O)c1cccc(-c2cc(C)nc(N)n2)c1. The zero-order valence-corrected chi connectivity index (χ0v) is 15.9. The topological polar surface area (TPSA) is 90.6 Å². The van der Waals surface area contributed by atoms with E-state index in [0.717, 1.165) is 30.7 Å². The van der Waals surface area contributed by atoms with E-state index in [2.05, 4.69) is 9.97 Å². The lowest BCUT2D eigenvalue weighted by molar-refractivity contribution is 0.0456. The standard InChI is InChI=1S/C20H26N4O3/c1-14-11-18(23-20(21)22-14)15-5-3-6-16(12-15)19(25)24(8-10-26-2)13-17-7-4-9-27-17/h3,5-6,11-12,17H,4,7-10,13H2,1-2H3,(H2,21,22,23)/t17-/m0/s1. The van der Waals surface area contributed by atoms with Crippen LogP contribution in [0.3, 0.4) is 0 Å². The van der Waals surface area contributed by atoms with Gasteiger partial charge in [0, 0.05) is 43.6 Å². The predicted molar refractivity (Wildman–Crippen MR) is 103 cm³/mol. The van der Waals surface area contributed by atoms with Gasteiger partial charge in [-0.1, -0.05) is 12.1 Å². The van der Waals surface area contributed by atoms with Gasteiger partial charge in [0.2, 0.25) is 5.95 Å². The first kappa shape index (κ1) is 19.3. The fourth-order valence-electron chi connectivity index (χ4n) is 3.24. The van der Waals surface area contributed by atoms with Crippen LogP contribution in [0, 0.1) is 6.92 Å². The summed E-state index contributed by atoms with van der Waals surface area (Å²) >= 11 is 0. The lowest BCUT2D eigenvalue weighted by Crippen LogP contribution is -2.39. The van der Waals surface area contributed by atoms with Gasteiger partial charge in [0.15, 0.2) is 0 Å². The van der Waals surface area contributed by atoms with Crippen molar-refractivity contribution in [2.75, 3.05) is 39.1 Å². The normalized spacial score (nSPS) is 16.4. The van der Waals surface area contributed by atoms with E-state index < -0.39 is 0 Å². The molecule has 1 atom stereocenters. The first-order valence-corrected chi connectivity index (χ1v) is 9.18. The van der Waals surface area contributed by atoms with Gasteiger partial charge in [-0.2, -0.15) is 0 Å². The van der Waals surface area contributed by atoms with E-state index in [1.54, 1.807) is 12.0 Å². The Morgan fingerprint density at radius 3 is 2.93 bits per heavy atom. The molecule has 0 radical (unpaired) electrons. The van der Waals surface area contributed by atoms with Crippen molar-refractivity contribution < 1.29 is 14.3 Å². The van der Waals surface area contributed by atoms with Crippen LogP contribution in [0.2, 0.25) is 0 Å². The first-order chi connectivity index (χ1) is 13.1. The van der Waals surface area contributed by atoms with Crippen molar-refractivity contribution in [3.05, 3.63) is 41.6 Å². The number of amides is 1. The number of aromatic nitrogens is 2. The van der Waals surface area contributed by atoms with Crippen molar-refractivity contribution in [2.45, 2.75) is 25.9 Å². The zero-order chi connectivity index (χ0) is 19.2. The highest BCUT2D eigenvalue weighted by Gasteiger charge is 2.23. The van der Waals surface area contributed by atoms with Crippen LogP contribution in [0.15, 0.2) is 30.3 Å². The summed E-state index contributed by atoms with van der Waals surface area (Å²) < 4.78 is 10.9. The molecule has 1 aliphatic rings. The van der Waals surface area contributed by atoms with Gasteiger partial charge in [-0.05, 0) is 38.0 Å². The number of carbonyl (C=O) groups is 1. The molecule has 1 aromatic carbocycles. The summed E-state index contributed by atoms with van der Waals surface area (Å²) in [5.41, 5.74) is 8.70. The number of hydrogen-bond donors (Lipinski definition) is 1. The Bertz CT molecular complexity index is 770. The van der Waals surface area contributed by atoms with Crippen LogP contribution < -0.4 is 5.73 Å². The summed E-state index contributed by atoms with van der Waals surface area (Å²) in [6.45, 7) is 4.22. The largest absolute Gasteiger partial charge is 0.383 e. The van der Waals surface area contributed by atoms with Crippen LogP contribution in [0.5, 0.6) is 0 Å². The monoisotopic (exact) mass is 370 g/mol. The number of aryl methyl sites for hydroxylation is 1. The fourth-order valence-corrected chi connectivity index (χ4v) is 3.24. The van der Waals surface area contributed by atoms with Gasteiger partial charge in [-0.15, -0.1) is 0 Å². The van der Waals surface area contributed by atoms with E-state index in [-0.39, 0.29) is 18.0 Å². The first-order valence-electron chi connectivity index (χ1n) is 9.18. The van der Waals surface area contributed by atoms with Crippen molar-refractivity contribution in [1.29, 1.82) is 0 Å². The van der Waals surface area contributed by atoms with Gasteiger partial charge >= 0.3 is 0 Å². The molecule has 2 aromatic rings. The van der Waals surface area contributed by atoms with Crippen LogP contribution in [-0.2, 0) is 9.47 Å². The van der Waals surface area contributed by atoms with Gasteiger partial charge in [-0.25, -0.2) is 9.97 Å². The van der Waals surface area contributed by atoms with Gasteiger partial charge in [0.1, 0.15) is 0 Å². The summed E-state index contributed by atoms with van der Waals surface area (Å²) in [5.74, 6) is 0.185. The third kappa shape index (κ3) is 5.02. The van der Waals surface area contributed by atoms with Gasteiger partial charge in [0.25, 0.3) is 5.91 Å². The summed E-state index contributed by atoms with van der Waals surface area (Å²) in [5, 5.41) is 0. The molecular weight excluding hydrogens is 344 g/mol. The molecule has 1 aliphatic heterocycles. The van der Waals surface area contributed by atoms with E-state index in [0.29, 0.717) is 31.0 Å². The molecule has 7 heteroatoms. The van der Waals surface area contributed by atoms with E-state index >= 15 is 0 Å². The predicted octanol–water partition coefficient (Wildman–Crippen LogP) is 2.30. The molecular formula is C20H26N4O3. The maximum Gasteiger partial charge on any atom is 0.254 e. The Morgan fingerprint density at radius 1 is 1.37 bits per heavy atom. The molecule has 3 rings (SSSR count). The molecule has 7 nitrogen and oxygen atoms in total. The smallest absolute Gasteiger partial charge is 0.254 e. The minimum atomic E-state index is -0.0387. The Hall–Kier alpha value is -2.51. The van der Waals surface area contributed by atoms with Crippen molar-refractivity contribution in [3.8, 4) is 11.3 Å². The summed E-state index contributed by atoms with van der Waals surface area (Å²) in [7, 11) is 1.64. The Balaban J connectivity index is 1.83. The maximum atomic E-state index is 13.1. The third-order valence-electron chi connectivity index (χ3n) is 4.58. The molecule has 1 amide bonds. The second kappa shape index (κ2) is 8.92. The van der Waals surface area contributed by atoms with Crippen molar-refractivity contribution >= 4 is 11.9 Å². The molecule has 1 saturated heterocycles. The minimum Gasteiger partial charge on any atom is -0.383 e. The number of carbonyl (C=O) groups excluding carboxylic acids is 1. The molecule has 0 bridgehead atoms. The molecule has 1 aromatic heterocycles. The highest BCUT2D eigenvalue weighted by atomic mass is 16.5. The highest BCUT2D eigenvalue weighted by Crippen LogP contribution is 2.21.